The second kappa shape index (κ2) is 5.37. The number of alkyl halides is 2. The largest absolute Gasteiger partial charge is 0.495 e. The van der Waals surface area contributed by atoms with Gasteiger partial charge in [0, 0.05) is 6.20 Å². The van der Waals surface area contributed by atoms with Crippen LogP contribution >= 0.6 is 22.6 Å². The summed E-state index contributed by atoms with van der Waals surface area (Å²) in [6.45, 7) is 0. The highest BCUT2D eigenvalue weighted by Crippen LogP contribution is 2.34. The molecule has 0 fully saturated rings. The van der Waals surface area contributed by atoms with Gasteiger partial charge in [0.25, 0.3) is 6.43 Å². The quantitative estimate of drug-likeness (QED) is 0.481. The van der Waals surface area contributed by atoms with Crippen molar-refractivity contribution in [3.05, 3.63) is 21.0 Å². The number of carbonyl (C=O) groups is 1. The maximum Gasteiger partial charge on any atom is 0.343 e. The molecule has 0 unspecified atom stereocenters. The van der Waals surface area contributed by atoms with Crippen LogP contribution in [0.15, 0.2) is 6.20 Å². The van der Waals surface area contributed by atoms with E-state index in [2.05, 4.69) is 9.72 Å². The molecule has 1 aromatic heterocycles. The van der Waals surface area contributed by atoms with E-state index in [1.54, 1.807) is 22.6 Å². The Labute approximate surface area is 104 Å². The first-order valence-electron chi connectivity index (χ1n) is 4.11. The van der Waals surface area contributed by atoms with Crippen LogP contribution in [0.3, 0.4) is 0 Å². The van der Waals surface area contributed by atoms with E-state index in [0.29, 0.717) is 0 Å². The molecule has 0 N–H and O–H groups in total. The lowest BCUT2D eigenvalue weighted by atomic mass is 10.2. The fourth-order valence-electron chi connectivity index (χ4n) is 1.15. The first-order chi connectivity index (χ1) is 7.52. The first-order valence-corrected chi connectivity index (χ1v) is 5.19. The van der Waals surface area contributed by atoms with Crippen LogP contribution < -0.4 is 4.74 Å². The number of hydrogen-bond acceptors (Lipinski definition) is 4. The van der Waals surface area contributed by atoms with Crippen molar-refractivity contribution in [3.8, 4) is 5.75 Å². The van der Waals surface area contributed by atoms with E-state index in [0.717, 1.165) is 13.3 Å². The Bertz CT molecular complexity index is 412. The van der Waals surface area contributed by atoms with Gasteiger partial charge in [0.05, 0.1) is 19.8 Å². The number of esters is 1. The van der Waals surface area contributed by atoms with Crippen LogP contribution in [0, 0.1) is 3.70 Å². The molecule has 0 bridgehead atoms. The zero-order chi connectivity index (χ0) is 12.3. The highest BCUT2D eigenvalue weighted by Gasteiger charge is 2.25. The van der Waals surface area contributed by atoms with Gasteiger partial charge in [-0.15, -0.1) is 0 Å². The molecule has 0 saturated carbocycles. The third-order valence-electron chi connectivity index (χ3n) is 1.85. The number of rotatable bonds is 3. The van der Waals surface area contributed by atoms with Crippen LogP contribution in [-0.2, 0) is 4.74 Å². The van der Waals surface area contributed by atoms with E-state index < -0.39 is 18.0 Å². The monoisotopic (exact) mass is 343 g/mol. The molecule has 0 radical (unpaired) electrons. The van der Waals surface area contributed by atoms with E-state index >= 15 is 0 Å². The summed E-state index contributed by atoms with van der Waals surface area (Å²) in [6, 6.07) is 0. The lowest BCUT2D eigenvalue weighted by Crippen LogP contribution is -2.09. The second-order valence-electron chi connectivity index (χ2n) is 2.70. The van der Waals surface area contributed by atoms with Crippen LogP contribution in [0.2, 0.25) is 0 Å². The summed E-state index contributed by atoms with van der Waals surface area (Å²) in [5, 5.41) is 0. The maximum absolute atomic E-state index is 12.7. The van der Waals surface area contributed by atoms with Crippen molar-refractivity contribution < 1.29 is 23.0 Å². The van der Waals surface area contributed by atoms with E-state index in [-0.39, 0.29) is 15.0 Å². The van der Waals surface area contributed by atoms with E-state index in [4.69, 9.17) is 4.74 Å². The minimum Gasteiger partial charge on any atom is -0.495 e. The Balaban J connectivity index is 3.42. The van der Waals surface area contributed by atoms with Crippen molar-refractivity contribution in [1.82, 2.24) is 4.98 Å². The summed E-state index contributed by atoms with van der Waals surface area (Å²) in [6.07, 6.45) is -1.61. The predicted molar refractivity (Wildman–Crippen MR) is 59.8 cm³/mol. The van der Waals surface area contributed by atoms with Gasteiger partial charge in [-0.1, -0.05) is 0 Å². The van der Waals surface area contributed by atoms with Crippen molar-refractivity contribution in [3.63, 3.8) is 0 Å². The predicted octanol–water partition coefficient (Wildman–Crippen LogP) is 2.42. The molecule has 0 aliphatic carbocycles. The number of pyridine rings is 1. The molecule has 1 rings (SSSR count). The normalized spacial score (nSPS) is 10.4. The second-order valence-corrected chi connectivity index (χ2v) is 3.72. The molecule has 0 aromatic carbocycles. The lowest BCUT2D eigenvalue weighted by Gasteiger charge is -2.12. The van der Waals surface area contributed by atoms with Crippen LogP contribution in [0.4, 0.5) is 8.78 Å². The molecule has 7 heteroatoms. The van der Waals surface area contributed by atoms with Gasteiger partial charge in [-0.3, -0.25) is 0 Å². The molecule has 88 valence electrons. The Morgan fingerprint density at radius 1 is 1.50 bits per heavy atom. The highest BCUT2D eigenvalue weighted by atomic mass is 127. The molecule has 1 heterocycles. The van der Waals surface area contributed by atoms with Crippen molar-refractivity contribution >= 4 is 28.6 Å². The van der Waals surface area contributed by atoms with Gasteiger partial charge < -0.3 is 9.47 Å². The number of ether oxygens (including phenoxy) is 2. The number of carbonyl (C=O) groups excluding carboxylic acids is 1. The maximum atomic E-state index is 12.7. The summed E-state index contributed by atoms with van der Waals surface area (Å²) in [4.78, 5) is 15.0. The molecule has 0 aliphatic heterocycles. The minimum atomic E-state index is -2.76. The Hall–Kier alpha value is -0.990. The summed E-state index contributed by atoms with van der Waals surface area (Å²) in [7, 11) is 2.37. The number of halogens is 3. The van der Waals surface area contributed by atoms with Crippen molar-refractivity contribution in [2.75, 3.05) is 14.2 Å². The number of hydrogen-bond donors (Lipinski definition) is 0. The van der Waals surface area contributed by atoms with Crippen molar-refractivity contribution in [1.29, 1.82) is 0 Å². The van der Waals surface area contributed by atoms with Crippen molar-refractivity contribution in [2.24, 2.45) is 0 Å². The summed E-state index contributed by atoms with van der Waals surface area (Å²) >= 11 is 1.65. The molecule has 1 aromatic rings. The standard InChI is InChI=1S/C9H8F2INO3/c1-15-6-4(9(14)16-2)3-13-8(12)5(6)7(10)11/h3,7H,1-2H3. The molecular formula is C9H8F2INO3. The van der Waals surface area contributed by atoms with Crippen LogP contribution in [0.5, 0.6) is 5.75 Å². The van der Waals surface area contributed by atoms with Gasteiger partial charge in [0.15, 0.2) is 0 Å². The minimum absolute atomic E-state index is 0.0945. The molecule has 0 saturated heterocycles. The number of nitrogens with zero attached hydrogens (tertiary/aromatic N) is 1. The van der Waals surface area contributed by atoms with E-state index in [9.17, 15) is 13.6 Å². The first kappa shape index (κ1) is 13.1. The van der Waals surface area contributed by atoms with E-state index in [1.165, 1.54) is 7.11 Å². The van der Waals surface area contributed by atoms with Crippen LogP contribution in [0.1, 0.15) is 22.3 Å². The van der Waals surface area contributed by atoms with Gasteiger partial charge in [-0.2, -0.15) is 0 Å². The Morgan fingerprint density at radius 3 is 2.56 bits per heavy atom. The summed E-state index contributed by atoms with van der Waals surface area (Å²) in [5.74, 6) is -0.955. The molecular weight excluding hydrogens is 335 g/mol. The molecule has 0 atom stereocenters. The van der Waals surface area contributed by atoms with Gasteiger partial charge in [0.2, 0.25) is 0 Å². The average Bonchev–Trinajstić information content (AvgIpc) is 2.26. The zero-order valence-corrected chi connectivity index (χ0v) is 10.6. The SMILES string of the molecule is COC(=O)c1cnc(I)c(C(F)F)c1OC. The zero-order valence-electron chi connectivity index (χ0n) is 8.46. The molecule has 4 nitrogen and oxygen atoms in total. The smallest absolute Gasteiger partial charge is 0.343 e. The molecule has 0 amide bonds. The molecule has 16 heavy (non-hydrogen) atoms. The lowest BCUT2D eigenvalue weighted by molar-refractivity contribution is 0.0595. The molecule has 0 spiro atoms. The Morgan fingerprint density at radius 2 is 2.12 bits per heavy atom. The van der Waals surface area contributed by atoms with Gasteiger partial charge in [-0.25, -0.2) is 18.6 Å². The van der Waals surface area contributed by atoms with Gasteiger partial charge in [-0.05, 0) is 22.6 Å². The third kappa shape index (κ3) is 2.39. The fraction of sp³-hybridized carbons (Fsp3) is 0.333. The fourth-order valence-corrected chi connectivity index (χ4v) is 1.77. The van der Waals surface area contributed by atoms with Crippen molar-refractivity contribution in [2.45, 2.75) is 6.43 Å². The highest BCUT2D eigenvalue weighted by molar-refractivity contribution is 14.1. The Kier molecular flexibility index (Phi) is 4.39. The van der Waals surface area contributed by atoms with E-state index in [1.807, 2.05) is 0 Å². The number of aromatic nitrogens is 1. The van der Waals surface area contributed by atoms with Gasteiger partial charge >= 0.3 is 5.97 Å². The topological polar surface area (TPSA) is 48.4 Å². The van der Waals surface area contributed by atoms with Crippen LogP contribution in [-0.4, -0.2) is 25.2 Å². The third-order valence-corrected chi connectivity index (χ3v) is 2.71. The average molecular weight is 343 g/mol. The molecule has 0 aliphatic rings. The summed E-state index contributed by atoms with van der Waals surface area (Å²) in [5.41, 5.74) is -0.508. The summed E-state index contributed by atoms with van der Waals surface area (Å²) < 4.78 is 34.8. The number of methoxy groups -OCH3 is 2. The van der Waals surface area contributed by atoms with Crippen LogP contribution in [0.25, 0.3) is 0 Å². The van der Waals surface area contributed by atoms with Gasteiger partial charge in [0.1, 0.15) is 15.0 Å².